The normalized spacial score (nSPS) is 10.2. The molecular formula is C15H20N2O2+2. The minimum Gasteiger partial charge on any atom is -0.493 e. The Morgan fingerprint density at radius 3 is 2.63 bits per heavy atom. The molecule has 0 bridgehead atoms. The Bertz CT molecular complexity index is 515. The van der Waals surface area contributed by atoms with Gasteiger partial charge in [0, 0.05) is 6.07 Å². The van der Waals surface area contributed by atoms with E-state index in [-0.39, 0.29) is 0 Å². The molecule has 4 heteroatoms. The van der Waals surface area contributed by atoms with Gasteiger partial charge in [-0.3, -0.25) is 0 Å². The number of hydrogen-bond acceptors (Lipinski definition) is 2. The molecule has 0 aliphatic carbocycles. The number of ether oxygens (including phenoxy) is 2. The number of hydrogen-bond donors (Lipinski definition) is 1. The van der Waals surface area contributed by atoms with Crippen LogP contribution < -0.4 is 19.8 Å². The highest BCUT2D eigenvalue weighted by atomic mass is 16.5. The number of aromatic nitrogens is 1. The second-order valence-corrected chi connectivity index (χ2v) is 4.26. The predicted octanol–water partition coefficient (Wildman–Crippen LogP) is 0.781. The average molecular weight is 260 g/mol. The molecule has 0 amide bonds. The Labute approximate surface area is 113 Å². The summed E-state index contributed by atoms with van der Waals surface area (Å²) in [6, 6.07) is 10.1. The van der Waals surface area contributed by atoms with E-state index in [1.54, 1.807) is 14.2 Å². The molecule has 0 saturated heterocycles. The van der Waals surface area contributed by atoms with Gasteiger partial charge in [0.25, 0.3) is 0 Å². The molecule has 3 N–H and O–H groups in total. The van der Waals surface area contributed by atoms with Crippen LogP contribution in [0.5, 0.6) is 11.5 Å². The third-order valence-corrected chi connectivity index (χ3v) is 3.00. The smallest absolute Gasteiger partial charge is 0.175 e. The molecule has 0 unspecified atom stereocenters. The van der Waals surface area contributed by atoms with Gasteiger partial charge < -0.3 is 14.8 Å². The number of quaternary nitrogens is 1. The predicted molar refractivity (Wildman–Crippen MR) is 71.9 cm³/mol. The van der Waals surface area contributed by atoms with E-state index in [1.165, 1.54) is 5.56 Å². The van der Waals surface area contributed by atoms with Crippen molar-refractivity contribution < 1.29 is 19.8 Å². The first kappa shape index (κ1) is 13.4. The highest BCUT2D eigenvalue weighted by Crippen LogP contribution is 2.29. The van der Waals surface area contributed by atoms with Crippen LogP contribution in [0.4, 0.5) is 0 Å². The van der Waals surface area contributed by atoms with E-state index in [0.717, 1.165) is 30.2 Å². The first-order valence-corrected chi connectivity index (χ1v) is 6.31. The van der Waals surface area contributed by atoms with Crippen molar-refractivity contribution in [1.29, 1.82) is 0 Å². The Hall–Kier alpha value is -2.07. The van der Waals surface area contributed by atoms with Gasteiger partial charge in [-0.25, -0.2) is 4.98 Å². The average Bonchev–Trinajstić information content (AvgIpc) is 2.48. The zero-order valence-corrected chi connectivity index (χ0v) is 11.3. The van der Waals surface area contributed by atoms with Gasteiger partial charge in [0.2, 0.25) is 0 Å². The molecule has 1 heterocycles. The molecule has 1 aromatic carbocycles. The first-order chi connectivity index (χ1) is 9.35. The van der Waals surface area contributed by atoms with Crippen molar-refractivity contribution >= 4 is 0 Å². The number of rotatable bonds is 6. The molecule has 0 spiro atoms. The quantitative estimate of drug-likeness (QED) is 0.834. The Morgan fingerprint density at radius 2 is 1.95 bits per heavy atom. The second kappa shape index (κ2) is 6.75. The lowest BCUT2D eigenvalue weighted by molar-refractivity contribution is -0.686. The fraction of sp³-hybridized carbons (Fsp3) is 0.267. The van der Waals surface area contributed by atoms with E-state index in [4.69, 9.17) is 9.47 Å². The summed E-state index contributed by atoms with van der Waals surface area (Å²) in [7, 11) is 3.33. The van der Waals surface area contributed by atoms with Crippen LogP contribution in [0.3, 0.4) is 0 Å². The van der Waals surface area contributed by atoms with Crippen molar-refractivity contribution in [1.82, 2.24) is 0 Å². The second-order valence-electron chi connectivity index (χ2n) is 4.26. The summed E-state index contributed by atoms with van der Waals surface area (Å²) in [5.41, 5.74) is 2.41. The van der Waals surface area contributed by atoms with Crippen LogP contribution in [0, 0.1) is 0 Å². The van der Waals surface area contributed by atoms with E-state index in [9.17, 15) is 0 Å². The van der Waals surface area contributed by atoms with Crippen molar-refractivity contribution in [3.63, 3.8) is 0 Å². The lowest BCUT2D eigenvalue weighted by Crippen LogP contribution is -2.80. The van der Waals surface area contributed by atoms with Crippen LogP contribution in [-0.4, -0.2) is 14.2 Å². The van der Waals surface area contributed by atoms with Gasteiger partial charge in [-0.1, -0.05) is 6.07 Å². The van der Waals surface area contributed by atoms with E-state index in [1.807, 2.05) is 30.6 Å². The van der Waals surface area contributed by atoms with Crippen LogP contribution >= 0.6 is 0 Å². The summed E-state index contributed by atoms with van der Waals surface area (Å²) in [4.78, 5) is 3.09. The van der Waals surface area contributed by atoms with Crippen LogP contribution in [0.2, 0.25) is 0 Å². The minimum absolute atomic E-state index is 0.779. The van der Waals surface area contributed by atoms with Crippen molar-refractivity contribution in [2.45, 2.75) is 13.1 Å². The van der Waals surface area contributed by atoms with Crippen molar-refractivity contribution in [2.24, 2.45) is 0 Å². The third kappa shape index (κ3) is 3.45. The Morgan fingerprint density at radius 1 is 1.05 bits per heavy atom. The van der Waals surface area contributed by atoms with Gasteiger partial charge in [-0.15, -0.1) is 0 Å². The highest BCUT2D eigenvalue weighted by Gasteiger charge is 2.10. The molecule has 1 aromatic heterocycles. The molecular weight excluding hydrogens is 240 g/mol. The molecule has 2 aromatic rings. The summed E-state index contributed by atoms with van der Waals surface area (Å²) in [6.45, 7) is 1.78. The van der Waals surface area contributed by atoms with E-state index >= 15 is 0 Å². The number of methoxy groups -OCH3 is 2. The molecule has 0 radical (unpaired) electrons. The van der Waals surface area contributed by atoms with Gasteiger partial charge in [0.05, 0.1) is 25.3 Å². The van der Waals surface area contributed by atoms with Gasteiger partial charge >= 0.3 is 0 Å². The summed E-state index contributed by atoms with van der Waals surface area (Å²) in [6.07, 6.45) is 3.92. The number of nitrogens with two attached hydrogens (primary N) is 1. The Balaban J connectivity index is 2.00. The molecule has 4 nitrogen and oxygen atoms in total. The third-order valence-electron chi connectivity index (χ3n) is 3.00. The maximum absolute atomic E-state index is 5.42. The van der Waals surface area contributed by atoms with E-state index < -0.39 is 0 Å². The zero-order valence-electron chi connectivity index (χ0n) is 11.3. The lowest BCUT2D eigenvalue weighted by atomic mass is 10.1. The first-order valence-electron chi connectivity index (χ1n) is 6.31. The maximum Gasteiger partial charge on any atom is 0.175 e. The van der Waals surface area contributed by atoms with Crippen LogP contribution in [0.1, 0.15) is 11.1 Å². The number of para-hydroxylation sites is 1. The topological polar surface area (TPSA) is 49.2 Å². The maximum atomic E-state index is 5.42. The van der Waals surface area contributed by atoms with Crippen molar-refractivity contribution in [3.8, 4) is 11.5 Å². The summed E-state index contributed by atoms with van der Waals surface area (Å²) >= 11 is 0. The summed E-state index contributed by atoms with van der Waals surface area (Å²) < 4.78 is 10.7. The van der Waals surface area contributed by atoms with E-state index in [0.29, 0.717) is 0 Å². The molecule has 0 aliphatic rings. The van der Waals surface area contributed by atoms with Crippen LogP contribution in [0.15, 0.2) is 42.7 Å². The van der Waals surface area contributed by atoms with Gasteiger partial charge in [-0.05, 0) is 18.2 Å². The number of H-pyrrole nitrogens is 1. The minimum atomic E-state index is 0.779. The van der Waals surface area contributed by atoms with Gasteiger partial charge in [0.1, 0.15) is 13.1 Å². The fourth-order valence-corrected chi connectivity index (χ4v) is 2.07. The van der Waals surface area contributed by atoms with Crippen molar-refractivity contribution in [3.05, 3.63) is 53.9 Å². The molecule has 100 valence electrons. The van der Waals surface area contributed by atoms with Crippen molar-refractivity contribution in [2.75, 3.05) is 14.2 Å². The number of nitrogens with one attached hydrogen (secondary N) is 1. The standard InChI is InChI=1S/C15H18N2O2/c1-18-14-7-3-6-13(15(14)19-2)11-17-10-12-5-4-8-16-9-12/h3-9,17H,10-11H2,1-2H3/p+2. The van der Waals surface area contributed by atoms with E-state index in [2.05, 4.69) is 22.4 Å². The van der Waals surface area contributed by atoms with Crippen LogP contribution in [-0.2, 0) is 13.1 Å². The summed E-state index contributed by atoms with van der Waals surface area (Å²) in [5.74, 6) is 1.60. The van der Waals surface area contributed by atoms with Crippen LogP contribution in [0.25, 0.3) is 0 Å². The zero-order chi connectivity index (χ0) is 13.5. The molecule has 2 rings (SSSR count). The molecule has 0 aliphatic heterocycles. The number of pyridine rings is 1. The monoisotopic (exact) mass is 260 g/mol. The molecule has 0 atom stereocenters. The number of aromatic amines is 1. The SMILES string of the molecule is COc1cccc(C[NH2+]Cc2ccc[nH+]c2)c1OC. The molecule has 0 fully saturated rings. The Kier molecular flexibility index (Phi) is 4.75. The van der Waals surface area contributed by atoms with Gasteiger partial charge in [-0.2, -0.15) is 0 Å². The lowest BCUT2D eigenvalue weighted by Gasteiger charge is -2.11. The largest absolute Gasteiger partial charge is 0.493 e. The summed E-state index contributed by atoms with van der Waals surface area (Å²) in [5, 5.41) is 2.24. The molecule has 19 heavy (non-hydrogen) atoms. The highest BCUT2D eigenvalue weighted by molar-refractivity contribution is 5.46. The number of benzene rings is 1. The molecule has 0 saturated carbocycles. The fourth-order valence-electron chi connectivity index (χ4n) is 2.07. The van der Waals surface area contributed by atoms with Gasteiger partial charge in [0.15, 0.2) is 23.9 Å².